The molecule has 0 bridgehead atoms. The largest absolute Gasteiger partial charge is 0.480 e. The summed E-state index contributed by atoms with van der Waals surface area (Å²) in [6.07, 6.45) is 7.21. The molecule has 3 rings (SSSR count). The Bertz CT molecular complexity index is 452. The zero-order chi connectivity index (χ0) is 13.3. The molecule has 1 aromatic carbocycles. The van der Waals surface area contributed by atoms with Crippen molar-refractivity contribution in [2.75, 3.05) is 0 Å². The lowest BCUT2D eigenvalue weighted by atomic mass is 9.89. The number of fused-ring (bicyclic) bond motifs is 1. The highest BCUT2D eigenvalue weighted by Crippen LogP contribution is 2.32. The highest BCUT2D eigenvalue weighted by molar-refractivity contribution is 5.81. The second kappa shape index (κ2) is 4.97. The van der Waals surface area contributed by atoms with Crippen LogP contribution in [0, 0.1) is 0 Å². The molecule has 0 aliphatic heterocycles. The molecule has 3 heteroatoms. The molecule has 0 spiro atoms. The number of aliphatic carboxylic acids is 1. The van der Waals surface area contributed by atoms with E-state index < -0.39 is 11.5 Å². The molecule has 102 valence electrons. The number of carboxylic acid groups (broad SMARTS) is 1. The van der Waals surface area contributed by atoms with Crippen LogP contribution in [0.25, 0.3) is 0 Å². The van der Waals surface area contributed by atoms with E-state index in [0.29, 0.717) is 18.9 Å². The van der Waals surface area contributed by atoms with Crippen molar-refractivity contribution < 1.29 is 9.90 Å². The van der Waals surface area contributed by atoms with Gasteiger partial charge in [-0.15, -0.1) is 0 Å². The second-order valence-electron chi connectivity index (χ2n) is 5.99. The Kier molecular flexibility index (Phi) is 3.31. The highest BCUT2D eigenvalue weighted by Gasteiger charge is 2.45. The van der Waals surface area contributed by atoms with Crippen molar-refractivity contribution in [3.8, 4) is 0 Å². The van der Waals surface area contributed by atoms with Gasteiger partial charge in [-0.2, -0.15) is 0 Å². The average molecular weight is 259 g/mol. The number of benzene rings is 1. The Hall–Kier alpha value is -1.35. The van der Waals surface area contributed by atoms with E-state index in [1.807, 2.05) is 12.1 Å². The number of hydrogen-bond acceptors (Lipinski definition) is 2. The average Bonchev–Trinajstić information content (AvgIpc) is 2.79. The maximum Gasteiger partial charge on any atom is 0.324 e. The van der Waals surface area contributed by atoms with E-state index in [1.54, 1.807) is 0 Å². The topological polar surface area (TPSA) is 49.3 Å². The smallest absolute Gasteiger partial charge is 0.324 e. The predicted octanol–water partition coefficient (Wildman–Crippen LogP) is 2.53. The number of carbonyl (C=O) groups is 1. The van der Waals surface area contributed by atoms with Gasteiger partial charge in [-0.1, -0.05) is 43.5 Å². The van der Waals surface area contributed by atoms with Crippen molar-refractivity contribution in [2.24, 2.45) is 0 Å². The molecular weight excluding hydrogens is 238 g/mol. The van der Waals surface area contributed by atoms with Crippen molar-refractivity contribution in [1.82, 2.24) is 5.32 Å². The fourth-order valence-corrected chi connectivity index (χ4v) is 3.57. The first-order valence-electron chi connectivity index (χ1n) is 7.27. The van der Waals surface area contributed by atoms with Gasteiger partial charge < -0.3 is 5.11 Å². The van der Waals surface area contributed by atoms with Crippen LogP contribution in [-0.2, 0) is 17.6 Å². The van der Waals surface area contributed by atoms with E-state index >= 15 is 0 Å². The molecule has 2 aliphatic carbocycles. The number of hydrogen-bond donors (Lipinski definition) is 2. The van der Waals surface area contributed by atoms with Gasteiger partial charge >= 0.3 is 5.97 Å². The minimum atomic E-state index is -0.772. The van der Waals surface area contributed by atoms with Crippen LogP contribution in [-0.4, -0.2) is 22.7 Å². The molecule has 0 aromatic heterocycles. The van der Waals surface area contributed by atoms with Gasteiger partial charge in [0.2, 0.25) is 0 Å². The van der Waals surface area contributed by atoms with Crippen molar-refractivity contribution in [3.63, 3.8) is 0 Å². The van der Waals surface area contributed by atoms with E-state index in [4.69, 9.17) is 0 Å². The molecule has 0 radical (unpaired) electrons. The van der Waals surface area contributed by atoms with Crippen LogP contribution in [0.5, 0.6) is 0 Å². The van der Waals surface area contributed by atoms with Gasteiger partial charge in [0, 0.05) is 18.9 Å². The summed E-state index contributed by atoms with van der Waals surface area (Å²) in [5.41, 5.74) is 1.60. The van der Waals surface area contributed by atoms with E-state index in [9.17, 15) is 9.90 Å². The maximum atomic E-state index is 11.8. The molecule has 19 heavy (non-hydrogen) atoms. The molecule has 0 unspecified atom stereocenters. The van der Waals surface area contributed by atoms with Gasteiger partial charge in [0.15, 0.2) is 0 Å². The number of carboxylic acids is 1. The summed E-state index contributed by atoms with van der Waals surface area (Å²) < 4.78 is 0. The maximum absolute atomic E-state index is 11.8. The van der Waals surface area contributed by atoms with Gasteiger partial charge in [0.25, 0.3) is 0 Å². The van der Waals surface area contributed by atoms with Crippen LogP contribution in [0.3, 0.4) is 0 Å². The SMILES string of the molecule is O=C(O)C1(NC2CCCCC2)Cc2ccccc2C1. The summed E-state index contributed by atoms with van der Waals surface area (Å²) in [6.45, 7) is 0. The molecule has 2 aliphatic rings. The summed E-state index contributed by atoms with van der Waals surface area (Å²) in [7, 11) is 0. The third-order valence-electron chi connectivity index (χ3n) is 4.60. The van der Waals surface area contributed by atoms with E-state index in [2.05, 4.69) is 17.4 Å². The molecule has 1 fully saturated rings. The monoisotopic (exact) mass is 259 g/mol. The first-order chi connectivity index (χ1) is 9.20. The molecule has 0 atom stereocenters. The van der Waals surface area contributed by atoms with Gasteiger partial charge in [-0.25, -0.2) is 0 Å². The van der Waals surface area contributed by atoms with Crippen molar-refractivity contribution >= 4 is 5.97 Å². The molecular formula is C16H21NO2. The van der Waals surface area contributed by atoms with Crippen LogP contribution in [0.15, 0.2) is 24.3 Å². The molecule has 0 saturated heterocycles. The van der Waals surface area contributed by atoms with Gasteiger partial charge in [-0.05, 0) is 24.0 Å². The number of rotatable bonds is 3. The van der Waals surface area contributed by atoms with Crippen LogP contribution in [0.2, 0.25) is 0 Å². The minimum absolute atomic E-state index is 0.374. The Morgan fingerprint density at radius 2 is 1.68 bits per heavy atom. The van der Waals surface area contributed by atoms with Crippen molar-refractivity contribution in [2.45, 2.75) is 56.5 Å². The fraction of sp³-hybridized carbons (Fsp3) is 0.562. The second-order valence-corrected chi connectivity index (χ2v) is 5.99. The molecule has 1 saturated carbocycles. The fourth-order valence-electron chi connectivity index (χ4n) is 3.57. The third-order valence-corrected chi connectivity index (χ3v) is 4.60. The molecule has 3 nitrogen and oxygen atoms in total. The summed E-state index contributed by atoms with van der Waals surface area (Å²) in [6, 6.07) is 8.49. The van der Waals surface area contributed by atoms with Crippen LogP contribution >= 0.6 is 0 Å². The lowest BCUT2D eigenvalue weighted by Gasteiger charge is -2.33. The summed E-state index contributed by atoms with van der Waals surface area (Å²) in [4.78, 5) is 11.8. The van der Waals surface area contributed by atoms with Gasteiger partial charge in [0.1, 0.15) is 5.54 Å². The zero-order valence-corrected chi connectivity index (χ0v) is 11.2. The van der Waals surface area contributed by atoms with Crippen LogP contribution in [0.1, 0.15) is 43.2 Å². The van der Waals surface area contributed by atoms with Gasteiger partial charge in [-0.3, -0.25) is 10.1 Å². The lowest BCUT2D eigenvalue weighted by Crippen LogP contribution is -2.57. The first kappa shape index (κ1) is 12.7. The zero-order valence-electron chi connectivity index (χ0n) is 11.2. The molecule has 2 N–H and O–H groups in total. The normalized spacial score (nSPS) is 22.1. The predicted molar refractivity (Wildman–Crippen MR) is 74.2 cm³/mol. The molecule has 0 amide bonds. The molecule has 0 heterocycles. The summed E-state index contributed by atoms with van der Waals surface area (Å²) in [5, 5.41) is 13.2. The number of nitrogens with one attached hydrogen (secondary N) is 1. The molecule has 1 aromatic rings. The van der Waals surface area contributed by atoms with E-state index in [-0.39, 0.29) is 0 Å². The van der Waals surface area contributed by atoms with Crippen LogP contribution in [0.4, 0.5) is 0 Å². The Morgan fingerprint density at radius 3 is 2.21 bits per heavy atom. The lowest BCUT2D eigenvalue weighted by molar-refractivity contribution is -0.145. The third kappa shape index (κ3) is 2.39. The summed E-state index contributed by atoms with van der Waals surface area (Å²) >= 11 is 0. The Labute approximate surface area is 114 Å². The van der Waals surface area contributed by atoms with Crippen molar-refractivity contribution in [3.05, 3.63) is 35.4 Å². The summed E-state index contributed by atoms with van der Waals surface area (Å²) in [5.74, 6) is -0.700. The quantitative estimate of drug-likeness (QED) is 0.877. The Balaban J connectivity index is 1.80. The van der Waals surface area contributed by atoms with Crippen molar-refractivity contribution in [1.29, 1.82) is 0 Å². The van der Waals surface area contributed by atoms with Crippen LogP contribution < -0.4 is 5.32 Å². The van der Waals surface area contributed by atoms with E-state index in [1.165, 1.54) is 30.4 Å². The minimum Gasteiger partial charge on any atom is -0.480 e. The Morgan fingerprint density at radius 1 is 1.11 bits per heavy atom. The first-order valence-corrected chi connectivity index (χ1v) is 7.27. The van der Waals surface area contributed by atoms with E-state index in [0.717, 1.165) is 12.8 Å². The standard InChI is InChI=1S/C16H21NO2/c18-15(19)16(17-14-8-2-1-3-9-14)10-12-6-4-5-7-13(12)11-16/h4-7,14,17H,1-3,8-11H2,(H,18,19). The van der Waals surface area contributed by atoms with Gasteiger partial charge in [0.05, 0.1) is 0 Å². The highest BCUT2D eigenvalue weighted by atomic mass is 16.4.